The second-order valence-corrected chi connectivity index (χ2v) is 11.5. The maximum absolute atomic E-state index is 5.61. The first-order valence-electron chi connectivity index (χ1n) is 13.3. The second kappa shape index (κ2) is 11.4. The molecule has 0 saturated carbocycles. The van der Waals surface area contributed by atoms with Crippen LogP contribution in [0.2, 0.25) is 0 Å². The van der Waals surface area contributed by atoms with Crippen molar-refractivity contribution in [3.8, 4) is 22.9 Å². The summed E-state index contributed by atoms with van der Waals surface area (Å²) in [6, 6.07) is 5.62. The molecule has 4 aromatic rings. The Hall–Kier alpha value is -3.28. The fourth-order valence-corrected chi connectivity index (χ4v) is 5.37. The Labute approximate surface area is 232 Å². The lowest BCUT2D eigenvalue weighted by Gasteiger charge is -2.19. The van der Waals surface area contributed by atoms with Crippen LogP contribution in [0.4, 0.5) is 5.13 Å². The summed E-state index contributed by atoms with van der Waals surface area (Å²) in [5.74, 6) is 1.99. The van der Waals surface area contributed by atoms with E-state index in [0.717, 1.165) is 65.6 Å². The highest BCUT2D eigenvalue weighted by atomic mass is 32.1. The van der Waals surface area contributed by atoms with E-state index in [-0.39, 0.29) is 11.7 Å². The lowest BCUT2D eigenvalue weighted by atomic mass is 9.91. The van der Waals surface area contributed by atoms with Gasteiger partial charge in [0.15, 0.2) is 22.9 Å². The number of aromatic nitrogens is 5. The number of methoxy groups -OCH3 is 2. The Morgan fingerprint density at radius 3 is 2.69 bits per heavy atom. The van der Waals surface area contributed by atoms with Gasteiger partial charge in [0.1, 0.15) is 18.1 Å². The lowest BCUT2D eigenvalue weighted by Crippen LogP contribution is -2.24. The van der Waals surface area contributed by atoms with Crippen LogP contribution in [-0.4, -0.2) is 71.6 Å². The minimum Gasteiger partial charge on any atom is -0.497 e. The van der Waals surface area contributed by atoms with Gasteiger partial charge in [0.2, 0.25) is 0 Å². The zero-order valence-corrected chi connectivity index (χ0v) is 24.2. The van der Waals surface area contributed by atoms with E-state index in [1.54, 1.807) is 30.1 Å². The molecule has 11 heteroatoms. The van der Waals surface area contributed by atoms with Gasteiger partial charge in [-0.25, -0.2) is 4.98 Å². The van der Waals surface area contributed by atoms with Gasteiger partial charge in [-0.15, -0.1) is 10.2 Å². The Morgan fingerprint density at radius 2 is 2.00 bits per heavy atom. The van der Waals surface area contributed by atoms with E-state index in [9.17, 15) is 0 Å². The normalized spacial score (nSPS) is 15.7. The van der Waals surface area contributed by atoms with E-state index in [0.29, 0.717) is 23.0 Å². The van der Waals surface area contributed by atoms with Crippen molar-refractivity contribution in [2.75, 3.05) is 45.4 Å². The van der Waals surface area contributed by atoms with E-state index in [2.05, 4.69) is 48.9 Å². The molecule has 1 fully saturated rings. The summed E-state index contributed by atoms with van der Waals surface area (Å²) in [5.41, 5.74) is 2.19. The van der Waals surface area contributed by atoms with Gasteiger partial charge in [-0.2, -0.15) is 9.61 Å². The van der Waals surface area contributed by atoms with Gasteiger partial charge >= 0.3 is 0 Å². The Kier molecular flexibility index (Phi) is 8.01. The molecule has 1 atom stereocenters. The van der Waals surface area contributed by atoms with Crippen LogP contribution in [0.3, 0.4) is 0 Å². The molecule has 0 radical (unpaired) electrons. The summed E-state index contributed by atoms with van der Waals surface area (Å²) in [5, 5.41) is 16.0. The minimum absolute atomic E-state index is 0.0263. The summed E-state index contributed by atoms with van der Waals surface area (Å²) in [7, 11) is 3.28. The fourth-order valence-electron chi connectivity index (χ4n) is 4.42. The molecule has 5 rings (SSSR count). The molecule has 1 saturated heterocycles. The standard InChI is InChI=1S/C28H36N6O4S/c1-7-33(12-8-9-13-37-23-17-38-23)27-29-16-19(39-27)15-21-24(28(2,3)4)32-34-25(30-31-26(21)34)20-14-18(35-5)10-11-22(20)36-6/h10-11,14-16,23H,7-9,12-13,17H2,1-6H3/b21-15-. The molecule has 39 heavy (non-hydrogen) atoms. The zero-order chi connectivity index (χ0) is 27.6. The minimum atomic E-state index is -0.210. The Balaban J connectivity index is 1.46. The number of nitrogens with zero attached hydrogens (tertiary/aromatic N) is 6. The van der Waals surface area contributed by atoms with Crippen molar-refractivity contribution >= 4 is 28.2 Å². The van der Waals surface area contributed by atoms with Crippen molar-refractivity contribution in [2.24, 2.45) is 0 Å². The van der Waals surface area contributed by atoms with Gasteiger partial charge < -0.3 is 23.8 Å². The van der Waals surface area contributed by atoms with Crippen molar-refractivity contribution in [2.45, 2.75) is 52.2 Å². The maximum Gasteiger partial charge on any atom is 0.189 e. The number of hydrogen-bond acceptors (Lipinski definition) is 10. The highest BCUT2D eigenvalue weighted by Crippen LogP contribution is 2.33. The SMILES string of the molecule is CCN(CCCCOC1CO1)c1ncc(/C=c2/c(C(C)(C)C)nn3c(-c4cc(OC)ccc4OC)nnc23)s1. The summed E-state index contributed by atoms with van der Waals surface area (Å²) >= 11 is 1.67. The number of epoxide rings is 1. The molecule has 0 bridgehead atoms. The van der Waals surface area contributed by atoms with Gasteiger partial charge in [0.25, 0.3) is 0 Å². The number of hydrogen-bond donors (Lipinski definition) is 0. The van der Waals surface area contributed by atoms with Gasteiger partial charge in [-0.1, -0.05) is 32.1 Å². The largest absolute Gasteiger partial charge is 0.497 e. The number of benzene rings is 1. The van der Waals surface area contributed by atoms with Gasteiger partial charge in [0, 0.05) is 41.4 Å². The van der Waals surface area contributed by atoms with E-state index >= 15 is 0 Å². The van der Waals surface area contributed by atoms with Gasteiger partial charge in [0.05, 0.1) is 25.5 Å². The van der Waals surface area contributed by atoms with E-state index in [1.165, 1.54) is 0 Å². The van der Waals surface area contributed by atoms with Crippen molar-refractivity contribution in [3.63, 3.8) is 0 Å². The first-order chi connectivity index (χ1) is 18.8. The van der Waals surface area contributed by atoms with Crippen LogP contribution in [0.15, 0.2) is 24.4 Å². The number of unbranched alkanes of at least 4 members (excludes halogenated alkanes) is 1. The third-order valence-electron chi connectivity index (χ3n) is 6.57. The lowest BCUT2D eigenvalue weighted by molar-refractivity contribution is 0.0483. The van der Waals surface area contributed by atoms with Crippen molar-refractivity contribution in [3.05, 3.63) is 40.2 Å². The van der Waals surface area contributed by atoms with Crippen LogP contribution in [-0.2, 0) is 14.9 Å². The number of rotatable bonds is 12. The third kappa shape index (κ3) is 6.00. The van der Waals surface area contributed by atoms with Crippen molar-refractivity contribution < 1.29 is 18.9 Å². The summed E-state index contributed by atoms with van der Waals surface area (Å²) < 4.78 is 23.5. The number of thiazole rings is 1. The van der Waals surface area contributed by atoms with Crippen LogP contribution in [0.25, 0.3) is 23.1 Å². The van der Waals surface area contributed by atoms with E-state index in [4.69, 9.17) is 29.0 Å². The quantitative estimate of drug-likeness (QED) is 0.190. The molecular weight excluding hydrogens is 516 g/mol. The fraction of sp³-hybridized carbons (Fsp3) is 0.500. The summed E-state index contributed by atoms with van der Waals surface area (Å²) in [6.07, 6.45) is 6.12. The van der Waals surface area contributed by atoms with Crippen molar-refractivity contribution in [1.29, 1.82) is 0 Å². The average Bonchev–Trinajstić information content (AvgIpc) is 3.30. The zero-order valence-electron chi connectivity index (χ0n) is 23.4. The molecule has 0 amide bonds. The molecule has 208 valence electrons. The topological polar surface area (TPSA) is 99.4 Å². The van der Waals surface area contributed by atoms with Gasteiger partial charge in [-0.05, 0) is 44.0 Å². The monoisotopic (exact) mass is 552 g/mol. The molecule has 0 N–H and O–H groups in total. The van der Waals surface area contributed by atoms with Crippen LogP contribution < -0.4 is 19.6 Å². The summed E-state index contributed by atoms with van der Waals surface area (Å²) in [4.78, 5) is 8.09. The molecule has 1 aliphatic rings. The maximum atomic E-state index is 5.61. The number of anilines is 1. The second-order valence-electron chi connectivity index (χ2n) is 10.4. The highest BCUT2D eigenvalue weighted by Gasteiger charge is 2.26. The van der Waals surface area contributed by atoms with Crippen molar-refractivity contribution in [1.82, 2.24) is 24.8 Å². The molecule has 1 aliphatic heterocycles. The highest BCUT2D eigenvalue weighted by molar-refractivity contribution is 7.16. The predicted molar refractivity (Wildman–Crippen MR) is 152 cm³/mol. The molecule has 10 nitrogen and oxygen atoms in total. The molecule has 0 aliphatic carbocycles. The predicted octanol–water partition coefficient (Wildman–Crippen LogP) is 4.09. The number of fused-ring (bicyclic) bond motifs is 1. The smallest absolute Gasteiger partial charge is 0.189 e. The molecular formula is C28H36N6O4S. The van der Waals surface area contributed by atoms with Crippen LogP contribution in [0, 0.1) is 0 Å². The third-order valence-corrected chi connectivity index (χ3v) is 7.58. The average molecular weight is 553 g/mol. The molecule has 1 unspecified atom stereocenters. The van der Waals surface area contributed by atoms with Crippen LogP contribution in [0.1, 0.15) is 51.1 Å². The number of ether oxygens (including phenoxy) is 4. The Morgan fingerprint density at radius 1 is 1.18 bits per heavy atom. The summed E-state index contributed by atoms with van der Waals surface area (Å²) in [6.45, 7) is 11.9. The first kappa shape index (κ1) is 27.3. The van der Waals surface area contributed by atoms with Crippen LogP contribution >= 0.6 is 11.3 Å². The van der Waals surface area contributed by atoms with E-state index < -0.39 is 0 Å². The molecule has 0 spiro atoms. The molecule has 4 heterocycles. The van der Waals surface area contributed by atoms with Crippen LogP contribution in [0.5, 0.6) is 11.5 Å². The van der Waals surface area contributed by atoms with E-state index in [1.807, 2.05) is 24.4 Å². The first-order valence-corrected chi connectivity index (χ1v) is 14.1. The Bertz CT molecular complexity index is 1470. The molecule has 1 aromatic carbocycles. The van der Waals surface area contributed by atoms with Gasteiger partial charge in [-0.3, -0.25) is 0 Å². The molecule has 3 aromatic heterocycles.